The topological polar surface area (TPSA) is 89.0 Å². The van der Waals surface area contributed by atoms with Gasteiger partial charge in [-0.05, 0) is 73.0 Å². The van der Waals surface area contributed by atoms with Crippen molar-refractivity contribution in [2.45, 2.75) is 26.9 Å². The molecule has 0 spiro atoms. The number of hydrazone groups is 1. The Bertz CT molecular complexity index is 1090. The van der Waals surface area contributed by atoms with Crippen molar-refractivity contribution in [3.05, 3.63) is 95.1 Å². The number of amides is 2. The first-order chi connectivity index (χ1) is 16.5. The molecule has 0 aliphatic heterocycles. The van der Waals surface area contributed by atoms with Gasteiger partial charge in [0.15, 0.2) is 0 Å². The van der Waals surface area contributed by atoms with Gasteiger partial charge in [-0.1, -0.05) is 36.8 Å². The van der Waals surface area contributed by atoms with Gasteiger partial charge in [0, 0.05) is 5.56 Å². The van der Waals surface area contributed by atoms with Crippen LogP contribution in [0.4, 0.5) is 0 Å². The molecular formula is C27H29N3O4. The van der Waals surface area contributed by atoms with Crippen molar-refractivity contribution in [2.24, 2.45) is 5.10 Å². The summed E-state index contributed by atoms with van der Waals surface area (Å²) in [6.45, 7) is 5.00. The number of carbonyl (C=O) groups excluding carboxylic acids is 2. The summed E-state index contributed by atoms with van der Waals surface area (Å²) in [5.74, 6) is 0.679. The number of nitrogens with one attached hydrogen (secondary N) is 2. The number of hydrogen-bond acceptors (Lipinski definition) is 5. The van der Waals surface area contributed by atoms with Gasteiger partial charge in [-0.3, -0.25) is 9.59 Å². The van der Waals surface area contributed by atoms with E-state index in [2.05, 4.69) is 28.0 Å². The van der Waals surface area contributed by atoms with Gasteiger partial charge >= 0.3 is 0 Å². The summed E-state index contributed by atoms with van der Waals surface area (Å²) in [5, 5.41) is 6.50. The van der Waals surface area contributed by atoms with Crippen molar-refractivity contribution in [3.63, 3.8) is 0 Å². The standard InChI is InChI=1S/C27H29N3O4/c1-3-16-33-24-14-10-23(11-15-24)27(32)28-18-26(31)30-29-17-21-8-12-25(13-9-21)34-19-22-6-4-20(2)5-7-22/h4-15,17H,3,16,18-19H2,1-2H3,(H,28,32)(H,30,31). The number of nitrogens with zero attached hydrogens (tertiary/aromatic N) is 1. The van der Waals surface area contributed by atoms with Crippen LogP contribution in [0.25, 0.3) is 0 Å². The third-order valence-electron chi connectivity index (χ3n) is 4.81. The summed E-state index contributed by atoms with van der Waals surface area (Å²) >= 11 is 0. The van der Waals surface area contributed by atoms with Crippen molar-refractivity contribution >= 4 is 18.0 Å². The van der Waals surface area contributed by atoms with Crippen LogP contribution in [0.5, 0.6) is 11.5 Å². The molecule has 7 nitrogen and oxygen atoms in total. The third kappa shape index (κ3) is 8.09. The Balaban J connectivity index is 1.38. The maximum atomic E-state index is 12.2. The van der Waals surface area contributed by atoms with E-state index in [1.165, 1.54) is 11.8 Å². The van der Waals surface area contributed by atoms with E-state index in [0.717, 1.165) is 23.3 Å². The average molecular weight is 460 g/mol. The summed E-state index contributed by atoms with van der Waals surface area (Å²) < 4.78 is 11.3. The van der Waals surface area contributed by atoms with Gasteiger partial charge in [-0.25, -0.2) is 5.43 Å². The van der Waals surface area contributed by atoms with E-state index in [1.54, 1.807) is 24.3 Å². The highest BCUT2D eigenvalue weighted by molar-refractivity contribution is 5.96. The van der Waals surface area contributed by atoms with E-state index in [9.17, 15) is 9.59 Å². The fourth-order valence-electron chi connectivity index (χ4n) is 2.90. The molecule has 176 valence electrons. The number of hydrogen-bond donors (Lipinski definition) is 2. The summed E-state index contributed by atoms with van der Waals surface area (Å²) in [6, 6.07) is 22.3. The average Bonchev–Trinajstić information content (AvgIpc) is 2.87. The Kier molecular flexibility index (Phi) is 9.22. The zero-order valence-electron chi connectivity index (χ0n) is 19.4. The normalized spacial score (nSPS) is 10.6. The van der Waals surface area contributed by atoms with Gasteiger partial charge < -0.3 is 14.8 Å². The fourth-order valence-corrected chi connectivity index (χ4v) is 2.90. The predicted molar refractivity (Wildman–Crippen MR) is 132 cm³/mol. The summed E-state index contributed by atoms with van der Waals surface area (Å²) in [7, 11) is 0. The maximum Gasteiger partial charge on any atom is 0.259 e. The number of carbonyl (C=O) groups is 2. The summed E-state index contributed by atoms with van der Waals surface area (Å²) in [4.78, 5) is 24.1. The predicted octanol–water partition coefficient (Wildman–Crippen LogP) is 4.24. The molecule has 3 aromatic rings. The number of benzene rings is 3. The first kappa shape index (κ1) is 24.5. The maximum absolute atomic E-state index is 12.2. The van der Waals surface area contributed by atoms with Gasteiger partial charge in [0.2, 0.25) is 0 Å². The van der Waals surface area contributed by atoms with Crippen LogP contribution in [0.1, 0.15) is 40.4 Å². The van der Waals surface area contributed by atoms with Crippen molar-refractivity contribution in [3.8, 4) is 11.5 Å². The molecule has 3 rings (SSSR count). The number of aryl methyl sites for hydroxylation is 1. The van der Waals surface area contributed by atoms with Crippen LogP contribution >= 0.6 is 0 Å². The zero-order valence-corrected chi connectivity index (χ0v) is 19.4. The van der Waals surface area contributed by atoms with Crippen molar-refractivity contribution in [2.75, 3.05) is 13.2 Å². The molecule has 34 heavy (non-hydrogen) atoms. The van der Waals surface area contributed by atoms with Crippen LogP contribution in [0.2, 0.25) is 0 Å². The highest BCUT2D eigenvalue weighted by Crippen LogP contribution is 2.14. The molecule has 0 atom stereocenters. The molecule has 0 aliphatic rings. The molecule has 0 saturated carbocycles. The Morgan fingerprint density at radius 1 is 0.882 bits per heavy atom. The van der Waals surface area contributed by atoms with E-state index in [-0.39, 0.29) is 12.5 Å². The minimum Gasteiger partial charge on any atom is -0.494 e. The second-order valence-electron chi connectivity index (χ2n) is 7.69. The molecule has 0 bridgehead atoms. The quantitative estimate of drug-likeness (QED) is 0.332. The molecule has 0 unspecified atom stereocenters. The second kappa shape index (κ2) is 12.8. The molecule has 2 amide bonds. The summed E-state index contributed by atoms with van der Waals surface area (Å²) in [6.07, 6.45) is 2.44. The van der Waals surface area contributed by atoms with Gasteiger partial charge in [-0.15, -0.1) is 0 Å². The lowest BCUT2D eigenvalue weighted by molar-refractivity contribution is -0.120. The van der Waals surface area contributed by atoms with Gasteiger partial charge in [0.25, 0.3) is 11.8 Å². The fraction of sp³-hybridized carbons (Fsp3) is 0.222. The Morgan fingerprint density at radius 2 is 1.53 bits per heavy atom. The van der Waals surface area contributed by atoms with E-state index in [4.69, 9.17) is 9.47 Å². The zero-order chi connectivity index (χ0) is 24.2. The van der Waals surface area contributed by atoms with Gasteiger partial charge in [0.05, 0.1) is 19.4 Å². The largest absolute Gasteiger partial charge is 0.494 e. The molecular weight excluding hydrogens is 430 g/mol. The lowest BCUT2D eigenvalue weighted by atomic mass is 10.2. The molecule has 0 radical (unpaired) electrons. The van der Waals surface area contributed by atoms with E-state index < -0.39 is 5.91 Å². The first-order valence-corrected chi connectivity index (χ1v) is 11.1. The molecule has 0 heterocycles. The van der Waals surface area contributed by atoms with Crippen molar-refractivity contribution < 1.29 is 19.1 Å². The van der Waals surface area contributed by atoms with Crippen molar-refractivity contribution in [1.29, 1.82) is 0 Å². The van der Waals surface area contributed by atoms with Crippen LogP contribution in [0, 0.1) is 6.92 Å². The van der Waals surface area contributed by atoms with Crippen LogP contribution in [-0.2, 0) is 11.4 Å². The van der Waals surface area contributed by atoms with Crippen LogP contribution in [0.15, 0.2) is 77.9 Å². The van der Waals surface area contributed by atoms with Gasteiger partial charge in [0.1, 0.15) is 18.1 Å². The van der Waals surface area contributed by atoms with E-state index in [0.29, 0.717) is 24.5 Å². The highest BCUT2D eigenvalue weighted by atomic mass is 16.5. The van der Waals surface area contributed by atoms with Crippen molar-refractivity contribution in [1.82, 2.24) is 10.7 Å². The minimum absolute atomic E-state index is 0.184. The Labute approximate surface area is 199 Å². The molecule has 0 aliphatic carbocycles. The number of rotatable bonds is 11. The SMILES string of the molecule is CCCOc1ccc(C(=O)NCC(=O)NN=Cc2ccc(OCc3ccc(C)cc3)cc2)cc1. The van der Waals surface area contributed by atoms with E-state index >= 15 is 0 Å². The molecule has 0 aromatic heterocycles. The minimum atomic E-state index is -0.425. The molecule has 3 aromatic carbocycles. The Morgan fingerprint density at radius 3 is 2.21 bits per heavy atom. The first-order valence-electron chi connectivity index (χ1n) is 11.1. The highest BCUT2D eigenvalue weighted by Gasteiger charge is 2.08. The monoisotopic (exact) mass is 459 g/mol. The Hall–Kier alpha value is -4.13. The van der Waals surface area contributed by atoms with Crippen LogP contribution in [0.3, 0.4) is 0 Å². The number of ether oxygens (including phenoxy) is 2. The lowest BCUT2D eigenvalue weighted by Gasteiger charge is -2.07. The summed E-state index contributed by atoms with van der Waals surface area (Å²) in [5.41, 5.74) is 5.97. The van der Waals surface area contributed by atoms with E-state index in [1.807, 2.05) is 50.2 Å². The van der Waals surface area contributed by atoms with Gasteiger partial charge in [-0.2, -0.15) is 5.10 Å². The smallest absolute Gasteiger partial charge is 0.259 e. The third-order valence-corrected chi connectivity index (χ3v) is 4.81. The van der Waals surface area contributed by atoms with Crippen LogP contribution < -0.4 is 20.2 Å². The second-order valence-corrected chi connectivity index (χ2v) is 7.69. The lowest BCUT2D eigenvalue weighted by Crippen LogP contribution is -2.34. The molecule has 2 N–H and O–H groups in total. The molecule has 7 heteroatoms. The van der Waals surface area contributed by atoms with Crippen LogP contribution in [-0.4, -0.2) is 31.2 Å². The molecule has 0 saturated heterocycles. The molecule has 0 fully saturated rings.